The van der Waals surface area contributed by atoms with Crippen LogP contribution < -0.4 is 5.32 Å². The summed E-state index contributed by atoms with van der Waals surface area (Å²) in [5.41, 5.74) is 1.23. The van der Waals surface area contributed by atoms with Gasteiger partial charge < -0.3 is 20.6 Å². The second kappa shape index (κ2) is 11.1. The fourth-order valence-electron chi connectivity index (χ4n) is 4.72. The summed E-state index contributed by atoms with van der Waals surface area (Å²) in [5.74, 6) is 1.02. The number of fused-ring (bicyclic) bond motifs is 1. The molecule has 7 atom stereocenters. The van der Waals surface area contributed by atoms with Gasteiger partial charge in [-0.05, 0) is 55.4 Å². The van der Waals surface area contributed by atoms with E-state index in [0.29, 0.717) is 30.7 Å². The summed E-state index contributed by atoms with van der Waals surface area (Å²) < 4.78 is 0. The van der Waals surface area contributed by atoms with Crippen LogP contribution in [-0.2, 0) is 4.79 Å². The first kappa shape index (κ1) is 23.1. The van der Waals surface area contributed by atoms with Crippen LogP contribution in [0, 0.1) is 23.7 Å². The Balaban J connectivity index is 1.81. The van der Waals surface area contributed by atoms with Gasteiger partial charge in [-0.15, -0.1) is 0 Å². The molecule has 2 aliphatic carbocycles. The van der Waals surface area contributed by atoms with Gasteiger partial charge in [0.1, 0.15) is 0 Å². The van der Waals surface area contributed by atoms with Crippen molar-refractivity contribution in [3.05, 3.63) is 23.8 Å². The summed E-state index contributed by atoms with van der Waals surface area (Å²) in [6, 6.07) is 0. The lowest BCUT2D eigenvalue weighted by Gasteiger charge is -2.41. The summed E-state index contributed by atoms with van der Waals surface area (Å²) in [4.78, 5) is 11.8. The normalized spacial score (nSPS) is 31.6. The van der Waals surface area contributed by atoms with Crippen LogP contribution in [0.2, 0.25) is 0 Å². The Morgan fingerprint density at radius 3 is 2.75 bits per heavy atom. The van der Waals surface area contributed by atoms with Crippen LogP contribution in [0.4, 0.5) is 0 Å². The van der Waals surface area contributed by atoms with Crippen molar-refractivity contribution < 1.29 is 20.1 Å². The van der Waals surface area contributed by atoms with Gasteiger partial charge in [0.2, 0.25) is 5.91 Å². The molecule has 5 nitrogen and oxygen atoms in total. The number of carbonyl (C=O) groups is 1. The topological polar surface area (TPSA) is 89.8 Å². The standard InChI is InChI=1S/C23H39NO4/c1-4-5-10-24-22(28)14-19(26)13-18(25)8-9-20-16(3)6-7-17-11-15(2)12-21(27)23(17)20/h6-7,11,15-16,18-21,23,25-27H,4-5,8-10,12-14H2,1-3H3,(H,24,28)/t15-,16-,18+,19+,20-,21-,23-/m0/s1. The Bertz CT molecular complexity index is 559. The van der Waals surface area contributed by atoms with Crippen molar-refractivity contribution in [2.75, 3.05) is 6.54 Å². The average Bonchev–Trinajstić information content (AvgIpc) is 2.61. The molecule has 28 heavy (non-hydrogen) atoms. The SMILES string of the molecule is CCCCNC(=O)C[C@H](O)C[C@H](O)CC[C@@H]1[C@@H]2C(=C[C@H](C)C[C@@H]2O)C=C[C@@H]1C. The molecule has 2 aliphatic rings. The summed E-state index contributed by atoms with van der Waals surface area (Å²) in [7, 11) is 0. The highest BCUT2D eigenvalue weighted by Gasteiger charge is 2.38. The molecule has 0 radical (unpaired) electrons. The zero-order valence-electron chi connectivity index (χ0n) is 17.7. The van der Waals surface area contributed by atoms with Crippen LogP contribution >= 0.6 is 0 Å². The quantitative estimate of drug-likeness (QED) is 0.430. The number of carbonyl (C=O) groups excluding carboxylic acids is 1. The number of aliphatic hydroxyl groups is 3. The first-order chi connectivity index (χ1) is 13.3. The highest BCUT2D eigenvalue weighted by atomic mass is 16.3. The molecule has 5 heteroatoms. The highest BCUT2D eigenvalue weighted by molar-refractivity contribution is 5.76. The monoisotopic (exact) mass is 393 g/mol. The van der Waals surface area contributed by atoms with Crippen LogP contribution in [0.15, 0.2) is 23.8 Å². The number of hydrogen-bond donors (Lipinski definition) is 4. The predicted molar refractivity (Wildman–Crippen MR) is 112 cm³/mol. The lowest BCUT2D eigenvalue weighted by Crippen LogP contribution is -2.38. The molecule has 0 fully saturated rings. The van der Waals surface area contributed by atoms with Gasteiger partial charge in [0.05, 0.1) is 24.7 Å². The van der Waals surface area contributed by atoms with Gasteiger partial charge in [-0.25, -0.2) is 0 Å². The summed E-state index contributed by atoms with van der Waals surface area (Å²) in [5, 5.41) is 33.9. The van der Waals surface area contributed by atoms with Crippen molar-refractivity contribution in [3.8, 4) is 0 Å². The molecule has 0 aromatic rings. The van der Waals surface area contributed by atoms with E-state index < -0.39 is 12.2 Å². The van der Waals surface area contributed by atoms with Crippen molar-refractivity contribution in [1.29, 1.82) is 0 Å². The molecule has 0 saturated carbocycles. The fraction of sp³-hybridized carbons (Fsp3) is 0.783. The smallest absolute Gasteiger partial charge is 0.222 e. The lowest BCUT2D eigenvalue weighted by atomic mass is 9.65. The largest absolute Gasteiger partial charge is 0.393 e. The van der Waals surface area contributed by atoms with E-state index in [4.69, 9.17) is 0 Å². The molecule has 1 amide bonds. The minimum absolute atomic E-state index is 0.0372. The molecule has 0 bridgehead atoms. The molecular formula is C23H39NO4. The molecule has 0 unspecified atom stereocenters. The second-order valence-corrected chi connectivity index (χ2v) is 8.88. The lowest BCUT2D eigenvalue weighted by molar-refractivity contribution is -0.123. The molecule has 0 aromatic carbocycles. The maximum atomic E-state index is 11.8. The Morgan fingerprint density at radius 2 is 2.04 bits per heavy atom. The van der Waals surface area contributed by atoms with Gasteiger partial charge in [-0.1, -0.05) is 45.4 Å². The van der Waals surface area contributed by atoms with Crippen LogP contribution in [0.1, 0.15) is 65.7 Å². The van der Waals surface area contributed by atoms with Gasteiger partial charge in [-0.3, -0.25) is 4.79 Å². The van der Waals surface area contributed by atoms with E-state index in [1.807, 2.05) is 0 Å². The van der Waals surface area contributed by atoms with E-state index in [9.17, 15) is 20.1 Å². The maximum absolute atomic E-state index is 11.8. The van der Waals surface area contributed by atoms with E-state index in [1.54, 1.807) is 0 Å². The molecule has 0 saturated heterocycles. The summed E-state index contributed by atoms with van der Waals surface area (Å²) in [6.45, 7) is 7.00. The second-order valence-electron chi connectivity index (χ2n) is 8.88. The van der Waals surface area contributed by atoms with E-state index >= 15 is 0 Å². The van der Waals surface area contributed by atoms with Gasteiger partial charge in [0.15, 0.2) is 0 Å². The summed E-state index contributed by atoms with van der Waals surface area (Å²) >= 11 is 0. The maximum Gasteiger partial charge on any atom is 0.222 e. The highest BCUT2D eigenvalue weighted by Crippen LogP contribution is 2.43. The van der Waals surface area contributed by atoms with Crippen LogP contribution in [-0.4, -0.2) is 46.1 Å². The number of allylic oxidation sites excluding steroid dienone is 3. The van der Waals surface area contributed by atoms with Crippen LogP contribution in [0.5, 0.6) is 0 Å². The molecule has 2 rings (SSSR count). The minimum Gasteiger partial charge on any atom is -0.393 e. The first-order valence-electron chi connectivity index (χ1n) is 11.0. The third-order valence-electron chi connectivity index (χ3n) is 6.27. The van der Waals surface area contributed by atoms with Gasteiger partial charge in [-0.2, -0.15) is 0 Å². The molecule has 0 aliphatic heterocycles. The van der Waals surface area contributed by atoms with Crippen molar-refractivity contribution >= 4 is 5.91 Å². The third-order valence-corrected chi connectivity index (χ3v) is 6.27. The van der Waals surface area contributed by atoms with E-state index in [-0.39, 0.29) is 30.8 Å². The minimum atomic E-state index is -0.822. The number of rotatable bonds is 10. The van der Waals surface area contributed by atoms with Crippen molar-refractivity contribution in [3.63, 3.8) is 0 Å². The van der Waals surface area contributed by atoms with E-state index in [0.717, 1.165) is 25.7 Å². The molecule has 0 heterocycles. The Kier molecular flexibility index (Phi) is 9.19. The number of hydrogen-bond acceptors (Lipinski definition) is 4. The van der Waals surface area contributed by atoms with Crippen molar-refractivity contribution in [1.82, 2.24) is 5.32 Å². The molecule has 0 spiro atoms. The molecule has 4 N–H and O–H groups in total. The Hall–Kier alpha value is -1.17. The van der Waals surface area contributed by atoms with Crippen molar-refractivity contribution in [2.45, 2.75) is 84.0 Å². The zero-order chi connectivity index (χ0) is 20.7. The Morgan fingerprint density at radius 1 is 1.29 bits per heavy atom. The molecular weight excluding hydrogens is 354 g/mol. The summed E-state index contributed by atoms with van der Waals surface area (Å²) in [6.07, 6.45) is 9.20. The number of unbranched alkanes of at least 4 members (excludes halogenated alkanes) is 1. The molecule has 0 aromatic heterocycles. The van der Waals surface area contributed by atoms with Crippen LogP contribution in [0.25, 0.3) is 0 Å². The van der Waals surface area contributed by atoms with Gasteiger partial charge in [0.25, 0.3) is 0 Å². The number of aliphatic hydroxyl groups excluding tert-OH is 3. The number of nitrogens with one attached hydrogen (secondary N) is 1. The first-order valence-corrected chi connectivity index (χ1v) is 11.0. The van der Waals surface area contributed by atoms with Crippen LogP contribution in [0.3, 0.4) is 0 Å². The average molecular weight is 394 g/mol. The van der Waals surface area contributed by atoms with Crippen molar-refractivity contribution in [2.24, 2.45) is 23.7 Å². The van der Waals surface area contributed by atoms with E-state index in [1.165, 1.54) is 5.57 Å². The Labute approximate surface area is 169 Å². The van der Waals surface area contributed by atoms with Gasteiger partial charge >= 0.3 is 0 Å². The third kappa shape index (κ3) is 6.71. The predicted octanol–water partition coefficient (Wildman–Crippen LogP) is 2.95. The zero-order valence-corrected chi connectivity index (χ0v) is 17.7. The fourth-order valence-corrected chi connectivity index (χ4v) is 4.72. The number of amides is 1. The van der Waals surface area contributed by atoms with Gasteiger partial charge in [0, 0.05) is 12.5 Å². The molecule has 160 valence electrons. The van der Waals surface area contributed by atoms with E-state index in [2.05, 4.69) is 44.3 Å².